The van der Waals surface area contributed by atoms with E-state index in [0.29, 0.717) is 5.92 Å². The third kappa shape index (κ3) is 2.11. The summed E-state index contributed by atoms with van der Waals surface area (Å²) < 4.78 is 5.35. The molecule has 1 aromatic carbocycles. The van der Waals surface area contributed by atoms with E-state index in [1.807, 2.05) is 30.5 Å². The quantitative estimate of drug-likeness (QED) is 0.881. The Labute approximate surface area is 106 Å². The van der Waals surface area contributed by atoms with E-state index in [2.05, 4.69) is 4.98 Å². The number of nitrogens with zero attached hydrogens (tertiary/aromatic N) is 1. The fourth-order valence-electron chi connectivity index (χ4n) is 2.69. The average Bonchev–Trinajstić information content (AvgIpc) is 2.47. The lowest BCUT2D eigenvalue weighted by molar-refractivity contribution is 0.00773. The SMILES string of the molecule is OC(c1cccc2cnccc12)C1CCOCC1. The summed E-state index contributed by atoms with van der Waals surface area (Å²) in [5.41, 5.74) is 1.02. The molecule has 1 unspecified atom stereocenters. The minimum absolute atomic E-state index is 0.303. The van der Waals surface area contributed by atoms with Crippen LogP contribution in [0.25, 0.3) is 10.8 Å². The highest BCUT2D eigenvalue weighted by Gasteiger charge is 2.24. The largest absolute Gasteiger partial charge is 0.388 e. The van der Waals surface area contributed by atoms with Gasteiger partial charge >= 0.3 is 0 Å². The van der Waals surface area contributed by atoms with Crippen molar-refractivity contribution in [2.45, 2.75) is 18.9 Å². The molecule has 3 heteroatoms. The van der Waals surface area contributed by atoms with Crippen LogP contribution in [0, 0.1) is 5.92 Å². The van der Waals surface area contributed by atoms with Gasteiger partial charge < -0.3 is 9.84 Å². The standard InChI is InChI=1S/C15H17NO2/c17-15(11-5-8-18-9-6-11)14-3-1-2-12-10-16-7-4-13(12)14/h1-4,7,10-11,15,17H,5-6,8-9H2. The molecule has 94 valence electrons. The first-order valence-corrected chi connectivity index (χ1v) is 6.45. The zero-order valence-corrected chi connectivity index (χ0v) is 10.2. The van der Waals surface area contributed by atoms with Gasteiger partial charge in [-0.05, 0) is 35.8 Å². The molecule has 2 aromatic rings. The maximum Gasteiger partial charge on any atom is 0.0825 e. The number of benzene rings is 1. The van der Waals surface area contributed by atoms with Gasteiger partial charge in [0.05, 0.1) is 6.10 Å². The van der Waals surface area contributed by atoms with Crippen LogP contribution in [0.4, 0.5) is 0 Å². The summed E-state index contributed by atoms with van der Waals surface area (Å²) in [6.07, 6.45) is 5.09. The van der Waals surface area contributed by atoms with Gasteiger partial charge in [-0.3, -0.25) is 4.98 Å². The Hall–Kier alpha value is -1.45. The van der Waals surface area contributed by atoms with E-state index in [9.17, 15) is 5.11 Å². The number of aromatic nitrogens is 1. The molecule has 1 fully saturated rings. The number of fused-ring (bicyclic) bond motifs is 1. The zero-order chi connectivity index (χ0) is 12.4. The second kappa shape index (κ2) is 5.04. The normalized spacial score (nSPS) is 18.9. The van der Waals surface area contributed by atoms with Gasteiger partial charge in [-0.15, -0.1) is 0 Å². The first-order valence-electron chi connectivity index (χ1n) is 6.45. The van der Waals surface area contributed by atoms with Crippen molar-refractivity contribution in [1.29, 1.82) is 0 Å². The number of pyridine rings is 1. The van der Waals surface area contributed by atoms with E-state index in [0.717, 1.165) is 42.4 Å². The lowest BCUT2D eigenvalue weighted by atomic mass is 9.87. The van der Waals surface area contributed by atoms with Gasteiger partial charge in [-0.1, -0.05) is 18.2 Å². The van der Waals surface area contributed by atoms with Crippen molar-refractivity contribution in [3.8, 4) is 0 Å². The number of aliphatic hydroxyl groups is 1. The Kier molecular flexibility index (Phi) is 3.26. The summed E-state index contributed by atoms with van der Waals surface area (Å²) in [5, 5.41) is 12.8. The second-order valence-corrected chi connectivity index (χ2v) is 4.84. The van der Waals surface area contributed by atoms with E-state index in [1.54, 1.807) is 6.20 Å². The van der Waals surface area contributed by atoms with Crippen molar-refractivity contribution in [2.75, 3.05) is 13.2 Å². The highest BCUT2D eigenvalue weighted by atomic mass is 16.5. The summed E-state index contributed by atoms with van der Waals surface area (Å²) in [6.45, 7) is 1.52. The van der Waals surface area contributed by atoms with Crippen LogP contribution in [0.3, 0.4) is 0 Å². The number of rotatable bonds is 2. The number of hydrogen-bond donors (Lipinski definition) is 1. The molecule has 1 N–H and O–H groups in total. The van der Waals surface area contributed by atoms with Gasteiger partial charge in [-0.2, -0.15) is 0 Å². The molecule has 1 aromatic heterocycles. The maximum absolute atomic E-state index is 10.6. The Morgan fingerprint density at radius 1 is 1.22 bits per heavy atom. The van der Waals surface area contributed by atoms with Gasteiger partial charge in [0.1, 0.15) is 0 Å². The lowest BCUT2D eigenvalue weighted by Gasteiger charge is -2.27. The van der Waals surface area contributed by atoms with Crippen LogP contribution in [0.15, 0.2) is 36.7 Å². The van der Waals surface area contributed by atoms with Gasteiger partial charge in [-0.25, -0.2) is 0 Å². The molecule has 3 rings (SSSR count). The van der Waals surface area contributed by atoms with E-state index >= 15 is 0 Å². The van der Waals surface area contributed by atoms with Crippen LogP contribution >= 0.6 is 0 Å². The predicted octanol–water partition coefficient (Wildman–Crippen LogP) is 2.69. The third-order valence-electron chi connectivity index (χ3n) is 3.75. The Balaban J connectivity index is 1.97. The molecule has 0 aliphatic carbocycles. The minimum Gasteiger partial charge on any atom is -0.388 e. The average molecular weight is 243 g/mol. The molecular weight excluding hydrogens is 226 g/mol. The van der Waals surface area contributed by atoms with Gasteiger partial charge in [0, 0.05) is 31.0 Å². The topological polar surface area (TPSA) is 42.4 Å². The van der Waals surface area contributed by atoms with Gasteiger partial charge in [0.2, 0.25) is 0 Å². The van der Waals surface area contributed by atoms with Crippen LogP contribution in [-0.2, 0) is 4.74 Å². The zero-order valence-electron chi connectivity index (χ0n) is 10.2. The molecule has 1 saturated heterocycles. The Morgan fingerprint density at radius 2 is 2.06 bits per heavy atom. The molecular formula is C15H17NO2. The first-order chi connectivity index (χ1) is 8.86. The van der Waals surface area contributed by atoms with Crippen molar-refractivity contribution < 1.29 is 9.84 Å². The van der Waals surface area contributed by atoms with E-state index in [1.165, 1.54) is 0 Å². The van der Waals surface area contributed by atoms with E-state index in [4.69, 9.17) is 4.74 Å². The molecule has 1 atom stereocenters. The van der Waals surface area contributed by atoms with Crippen molar-refractivity contribution in [3.63, 3.8) is 0 Å². The van der Waals surface area contributed by atoms with Crippen LogP contribution in [0.5, 0.6) is 0 Å². The fraction of sp³-hybridized carbons (Fsp3) is 0.400. The van der Waals surface area contributed by atoms with Gasteiger partial charge in [0.15, 0.2) is 0 Å². The third-order valence-corrected chi connectivity index (χ3v) is 3.75. The number of hydrogen-bond acceptors (Lipinski definition) is 3. The van der Waals surface area contributed by atoms with Crippen molar-refractivity contribution >= 4 is 10.8 Å². The van der Waals surface area contributed by atoms with Crippen LogP contribution < -0.4 is 0 Å². The van der Waals surface area contributed by atoms with E-state index < -0.39 is 6.10 Å². The Bertz CT molecular complexity index is 530. The molecule has 18 heavy (non-hydrogen) atoms. The number of ether oxygens (including phenoxy) is 1. The molecule has 2 heterocycles. The molecule has 1 aliphatic heterocycles. The highest BCUT2D eigenvalue weighted by molar-refractivity contribution is 5.85. The van der Waals surface area contributed by atoms with Crippen molar-refractivity contribution in [3.05, 3.63) is 42.2 Å². The maximum atomic E-state index is 10.6. The van der Waals surface area contributed by atoms with Crippen molar-refractivity contribution in [1.82, 2.24) is 4.98 Å². The first kappa shape index (κ1) is 11.6. The molecule has 0 bridgehead atoms. The van der Waals surface area contributed by atoms with Gasteiger partial charge in [0.25, 0.3) is 0 Å². The smallest absolute Gasteiger partial charge is 0.0825 e. The fourth-order valence-corrected chi connectivity index (χ4v) is 2.69. The summed E-state index contributed by atoms with van der Waals surface area (Å²) in [4.78, 5) is 4.12. The summed E-state index contributed by atoms with van der Waals surface area (Å²) in [5.74, 6) is 0.303. The van der Waals surface area contributed by atoms with Crippen molar-refractivity contribution in [2.24, 2.45) is 5.92 Å². The number of aliphatic hydroxyl groups excluding tert-OH is 1. The lowest BCUT2D eigenvalue weighted by Crippen LogP contribution is -2.22. The summed E-state index contributed by atoms with van der Waals surface area (Å²) >= 11 is 0. The molecule has 0 radical (unpaired) electrons. The monoisotopic (exact) mass is 243 g/mol. The minimum atomic E-state index is -0.403. The molecule has 0 saturated carbocycles. The molecule has 3 nitrogen and oxygen atoms in total. The van der Waals surface area contributed by atoms with E-state index in [-0.39, 0.29) is 0 Å². The van der Waals surface area contributed by atoms with Crippen LogP contribution in [0.2, 0.25) is 0 Å². The molecule has 1 aliphatic rings. The van der Waals surface area contributed by atoms with Crippen LogP contribution in [-0.4, -0.2) is 23.3 Å². The summed E-state index contributed by atoms with van der Waals surface area (Å²) in [6, 6.07) is 8.01. The highest BCUT2D eigenvalue weighted by Crippen LogP contribution is 2.33. The van der Waals surface area contributed by atoms with Crippen LogP contribution in [0.1, 0.15) is 24.5 Å². The molecule has 0 spiro atoms. The second-order valence-electron chi connectivity index (χ2n) is 4.84. The molecule has 0 amide bonds. The summed E-state index contributed by atoms with van der Waals surface area (Å²) in [7, 11) is 0. The predicted molar refractivity (Wildman–Crippen MR) is 70.2 cm³/mol. The Morgan fingerprint density at radius 3 is 2.89 bits per heavy atom.